The van der Waals surface area contributed by atoms with Crippen LogP contribution in [0.1, 0.15) is 12.7 Å². The molecule has 1 N–H and O–H groups in total. The van der Waals surface area contributed by atoms with E-state index in [0.717, 1.165) is 6.54 Å². The molecule has 60 valence electrons. The van der Waals surface area contributed by atoms with Crippen molar-refractivity contribution < 1.29 is 9.90 Å². The molecule has 0 aliphatic rings. The molecular weight excluding hydrogens is 144 g/mol. The Morgan fingerprint density at radius 1 is 1.82 bits per heavy atom. The smallest absolute Gasteiger partial charge is 0.311 e. The lowest BCUT2D eigenvalue weighted by atomic mass is 10.4. The standard InChI is InChI=1S/C7H10N2O2/c1-2-9-4-3-8-6(9)5-7(10)11/h3-4H,2,5H2,1H3,(H,10,11). The van der Waals surface area contributed by atoms with Crippen LogP contribution >= 0.6 is 0 Å². The number of rotatable bonds is 3. The molecule has 0 aliphatic heterocycles. The summed E-state index contributed by atoms with van der Waals surface area (Å²) >= 11 is 0. The number of carboxylic acids is 1. The summed E-state index contributed by atoms with van der Waals surface area (Å²) in [6.07, 6.45) is 3.39. The lowest BCUT2D eigenvalue weighted by Gasteiger charge is -1.99. The van der Waals surface area contributed by atoms with Crippen molar-refractivity contribution in [3.63, 3.8) is 0 Å². The van der Waals surface area contributed by atoms with Crippen LogP contribution in [0.2, 0.25) is 0 Å². The lowest BCUT2D eigenvalue weighted by Crippen LogP contribution is -2.07. The molecule has 0 amide bonds. The fourth-order valence-corrected chi connectivity index (χ4v) is 0.930. The molecule has 0 spiro atoms. The summed E-state index contributed by atoms with van der Waals surface area (Å²) in [4.78, 5) is 14.2. The van der Waals surface area contributed by atoms with E-state index < -0.39 is 5.97 Å². The summed E-state index contributed by atoms with van der Waals surface area (Å²) in [5.41, 5.74) is 0. The maximum absolute atomic E-state index is 10.3. The maximum Gasteiger partial charge on any atom is 0.311 e. The Kier molecular flexibility index (Phi) is 2.25. The topological polar surface area (TPSA) is 55.1 Å². The zero-order chi connectivity index (χ0) is 8.27. The summed E-state index contributed by atoms with van der Waals surface area (Å²) in [5.74, 6) is -0.231. The minimum Gasteiger partial charge on any atom is -0.481 e. The average Bonchev–Trinajstić information content (AvgIpc) is 2.34. The SMILES string of the molecule is CCn1ccnc1CC(=O)O. The van der Waals surface area contributed by atoms with Gasteiger partial charge in [-0.2, -0.15) is 0 Å². The van der Waals surface area contributed by atoms with E-state index in [4.69, 9.17) is 5.11 Å². The summed E-state index contributed by atoms with van der Waals surface area (Å²) < 4.78 is 1.81. The lowest BCUT2D eigenvalue weighted by molar-refractivity contribution is -0.136. The van der Waals surface area contributed by atoms with Crippen molar-refractivity contribution >= 4 is 5.97 Å². The van der Waals surface area contributed by atoms with Gasteiger partial charge in [0, 0.05) is 18.9 Å². The van der Waals surface area contributed by atoms with Crippen molar-refractivity contribution in [2.75, 3.05) is 0 Å². The average molecular weight is 154 g/mol. The van der Waals surface area contributed by atoms with Crippen LogP contribution in [0.25, 0.3) is 0 Å². The second-order valence-electron chi connectivity index (χ2n) is 2.20. The van der Waals surface area contributed by atoms with Crippen molar-refractivity contribution in [1.82, 2.24) is 9.55 Å². The third-order valence-electron chi connectivity index (χ3n) is 1.45. The van der Waals surface area contributed by atoms with Crippen molar-refractivity contribution in [2.24, 2.45) is 0 Å². The molecule has 1 rings (SSSR count). The van der Waals surface area contributed by atoms with Gasteiger partial charge in [0.2, 0.25) is 0 Å². The molecule has 0 unspecified atom stereocenters. The van der Waals surface area contributed by atoms with Gasteiger partial charge in [0.1, 0.15) is 12.2 Å². The first kappa shape index (κ1) is 7.78. The van der Waals surface area contributed by atoms with Crippen LogP contribution in [0.3, 0.4) is 0 Å². The Morgan fingerprint density at radius 3 is 3.09 bits per heavy atom. The summed E-state index contributed by atoms with van der Waals surface area (Å²) in [6.45, 7) is 2.72. The molecule has 1 heterocycles. The molecule has 11 heavy (non-hydrogen) atoms. The predicted molar refractivity (Wildman–Crippen MR) is 39.2 cm³/mol. The van der Waals surface area contributed by atoms with Gasteiger partial charge in [-0.15, -0.1) is 0 Å². The normalized spacial score (nSPS) is 9.91. The first-order chi connectivity index (χ1) is 5.24. The molecule has 0 radical (unpaired) electrons. The highest BCUT2D eigenvalue weighted by atomic mass is 16.4. The van der Waals surface area contributed by atoms with E-state index in [2.05, 4.69) is 4.98 Å². The second-order valence-corrected chi connectivity index (χ2v) is 2.20. The quantitative estimate of drug-likeness (QED) is 0.690. The Hall–Kier alpha value is -1.32. The molecule has 0 bridgehead atoms. The fourth-order valence-electron chi connectivity index (χ4n) is 0.930. The van der Waals surface area contributed by atoms with Gasteiger partial charge in [-0.1, -0.05) is 0 Å². The van der Waals surface area contributed by atoms with Crippen molar-refractivity contribution in [1.29, 1.82) is 0 Å². The first-order valence-electron chi connectivity index (χ1n) is 3.46. The predicted octanol–water partition coefficient (Wildman–Crippen LogP) is 0.530. The molecule has 1 aromatic heterocycles. The van der Waals surface area contributed by atoms with Gasteiger partial charge in [-0.25, -0.2) is 4.98 Å². The maximum atomic E-state index is 10.3. The van der Waals surface area contributed by atoms with Crippen LogP contribution in [-0.2, 0) is 17.8 Å². The molecule has 0 aliphatic carbocycles. The molecule has 1 aromatic rings. The van der Waals surface area contributed by atoms with Crippen molar-refractivity contribution in [3.05, 3.63) is 18.2 Å². The molecule has 0 saturated heterocycles. The molecule has 0 atom stereocenters. The van der Waals surface area contributed by atoms with Gasteiger partial charge in [0.25, 0.3) is 0 Å². The number of hydrogen-bond acceptors (Lipinski definition) is 2. The number of imidazole rings is 1. The Balaban J connectivity index is 2.76. The highest BCUT2D eigenvalue weighted by molar-refractivity contribution is 5.69. The van der Waals surface area contributed by atoms with E-state index in [1.54, 1.807) is 12.4 Å². The third kappa shape index (κ3) is 1.80. The van der Waals surface area contributed by atoms with Crippen LogP contribution in [0.4, 0.5) is 0 Å². The molecule has 0 aromatic carbocycles. The molecule has 4 heteroatoms. The highest BCUT2D eigenvalue weighted by Gasteiger charge is 2.04. The van der Waals surface area contributed by atoms with E-state index in [0.29, 0.717) is 5.82 Å². The largest absolute Gasteiger partial charge is 0.481 e. The molecule has 4 nitrogen and oxygen atoms in total. The zero-order valence-corrected chi connectivity index (χ0v) is 6.32. The summed E-state index contributed by atoms with van der Waals surface area (Å²) in [7, 11) is 0. The monoisotopic (exact) mass is 154 g/mol. The van der Waals surface area contributed by atoms with E-state index in [1.807, 2.05) is 11.5 Å². The minimum atomic E-state index is -0.842. The number of aryl methyl sites for hydroxylation is 1. The van der Waals surface area contributed by atoms with E-state index >= 15 is 0 Å². The van der Waals surface area contributed by atoms with Gasteiger partial charge >= 0.3 is 5.97 Å². The second kappa shape index (κ2) is 3.18. The summed E-state index contributed by atoms with van der Waals surface area (Å²) in [5, 5.41) is 8.45. The van der Waals surface area contributed by atoms with Crippen molar-refractivity contribution in [3.8, 4) is 0 Å². The Bertz CT molecular complexity index is 255. The first-order valence-corrected chi connectivity index (χ1v) is 3.46. The van der Waals surface area contributed by atoms with Crippen LogP contribution in [0.15, 0.2) is 12.4 Å². The van der Waals surface area contributed by atoms with Gasteiger partial charge in [0.05, 0.1) is 0 Å². The zero-order valence-electron chi connectivity index (χ0n) is 6.32. The molecule has 0 fully saturated rings. The number of carboxylic acid groups (broad SMARTS) is 1. The third-order valence-corrected chi connectivity index (χ3v) is 1.45. The number of carbonyl (C=O) groups is 1. The van der Waals surface area contributed by atoms with Gasteiger partial charge in [0.15, 0.2) is 0 Å². The molecular formula is C7H10N2O2. The van der Waals surface area contributed by atoms with Crippen molar-refractivity contribution in [2.45, 2.75) is 19.9 Å². The van der Waals surface area contributed by atoms with Crippen LogP contribution in [0.5, 0.6) is 0 Å². The van der Waals surface area contributed by atoms with Gasteiger partial charge < -0.3 is 9.67 Å². The fraction of sp³-hybridized carbons (Fsp3) is 0.429. The van der Waals surface area contributed by atoms with Gasteiger partial charge in [-0.05, 0) is 6.92 Å². The Labute approximate surface area is 64.5 Å². The highest BCUT2D eigenvalue weighted by Crippen LogP contribution is 1.97. The van der Waals surface area contributed by atoms with Crippen LogP contribution in [-0.4, -0.2) is 20.6 Å². The Morgan fingerprint density at radius 2 is 2.55 bits per heavy atom. The summed E-state index contributed by atoms with van der Waals surface area (Å²) in [6, 6.07) is 0. The minimum absolute atomic E-state index is 0.000833. The van der Waals surface area contributed by atoms with E-state index in [1.165, 1.54) is 0 Å². The molecule has 0 saturated carbocycles. The number of aromatic nitrogens is 2. The number of aliphatic carboxylic acids is 1. The van der Waals surface area contributed by atoms with E-state index in [-0.39, 0.29) is 6.42 Å². The van der Waals surface area contributed by atoms with E-state index in [9.17, 15) is 4.79 Å². The van der Waals surface area contributed by atoms with Crippen LogP contribution < -0.4 is 0 Å². The van der Waals surface area contributed by atoms with Crippen LogP contribution in [0, 0.1) is 0 Å². The number of hydrogen-bond donors (Lipinski definition) is 1. The number of nitrogens with zero attached hydrogens (tertiary/aromatic N) is 2. The van der Waals surface area contributed by atoms with Gasteiger partial charge in [-0.3, -0.25) is 4.79 Å².